The number of anilines is 1. The zero-order valence-corrected chi connectivity index (χ0v) is 12.2. The van der Waals surface area contributed by atoms with Crippen LogP contribution in [0.5, 0.6) is 0 Å². The molecule has 0 aromatic heterocycles. The molecule has 0 aliphatic carbocycles. The number of nitrogens with two attached hydrogens (primary N) is 1. The van der Waals surface area contributed by atoms with Crippen LogP contribution in [0.25, 0.3) is 0 Å². The lowest BCUT2D eigenvalue weighted by molar-refractivity contribution is 0.602. The fourth-order valence-corrected chi connectivity index (χ4v) is 2.47. The Kier molecular flexibility index (Phi) is 4.42. The smallest absolute Gasteiger partial charge is 0.175 e. The molecule has 0 saturated heterocycles. The van der Waals surface area contributed by atoms with Crippen LogP contribution in [0.3, 0.4) is 0 Å². The predicted octanol–water partition coefficient (Wildman–Crippen LogP) is 1.96. The van der Waals surface area contributed by atoms with Crippen molar-refractivity contribution in [3.8, 4) is 0 Å². The van der Waals surface area contributed by atoms with Gasteiger partial charge in [0, 0.05) is 25.0 Å². The maximum atomic E-state index is 11.3. The minimum atomic E-state index is -3.12. The first-order chi connectivity index (χ1) is 9.45. The summed E-state index contributed by atoms with van der Waals surface area (Å²) in [5.74, 6) is 0. The number of nitrogen functional groups attached to an aromatic ring is 1. The molecule has 0 heterocycles. The summed E-state index contributed by atoms with van der Waals surface area (Å²) in [6, 6.07) is 14.6. The Morgan fingerprint density at radius 1 is 0.900 bits per heavy atom. The average molecular weight is 290 g/mol. The van der Waals surface area contributed by atoms with E-state index in [2.05, 4.69) is 5.32 Å². The molecular formula is C15H18N2O2S. The lowest BCUT2D eigenvalue weighted by Gasteiger charge is -2.06. The van der Waals surface area contributed by atoms with Crippen molar-refractivity contribution in [1.82, 2.24) is 5.32 Å². The van der Waals surface area contributed by atoms with Gasteiger partial charge in [0.05, 0.1) is 4.90 Å². The fraction of sp³-hybridized carbons (Fsp3) is 0.200. The number of benzene rings is 2. The summed E-state index contributed by atoms with van der Waals surface area (Å²) in [4.78, 5) is 0.347. The number of rotatable bonds is 5. The summed E-state index contributed by atoms with van der Waals surface area (Å²) < 4.78 is 22.7. The summed E-state index contributed by atoms with van der Waals surface area (Å²) in [5.41, 5.74) is 8.59. The first-order valence-corrected chi connectivity index (χ1v) is 8.18. The summed E-state index contributed by atoms with van der Waals surface area (Å²) in [7, 11) is -3.12. The second-order valence-corrected chi connectivity index (χ2v) is 6.78. The van der Waals surface area contributed by atoms with Gasteiger partial charge in [-0.3, -0.25) is 0 Å². The minimum Gasteiger partial charge on any atom is -0.399 e. The van der Waals surface area contributed by atoms with Gasteiger partial charge < -0.3 is 11.1 Å². The monoisotopic (exact) mass is 290 g/mol. The van der Waals surface area contributed by atoms with E-state index in [1.165, 1.54) is 6.26 Å². The molecule has 0 unspecified atom stereocenters. The van der Waals surface area contributed by atoms with E-state index in [1.807, 2.05) is 36.4 Å². The molecule has 2 aromatic rings. The normalized spacial score (nSPS) is 11.4. The van der Waals surface area contributed by atoms with Crippen LogP contribution in [0.2, 0.25) is 0 Å². The van der Waals surface area contributed by atoms with Gasteiger partial charge in [-0.15, -0.1) is 0 Å². The van der Waals surface area contributed by atoms with Crippen molar-refractivity contribution in [1.29, 1.82) is 0 Å². The molecular weight excluding hydrogens is 272 g/mol. The molecule has 5 heteroatoms. The van der Waals surface area contributed by atoms with Gasteiger partial charge in [0.25, 0.3) is 0 Å². The highest BCUT2D eigenvalue weighted by Crippen LogP contribution is 2.10. The molecule has 3 N–H and O–H groups in total. The largest absolute Gasteiger partial charge is 0.399 e. The number of hydrogen-bond acceptors (Lipinski definition) is 4. The zero-order valence-electron chi connectivity index (χ0n) is 11.3. The van der Waals surface area contributed by atoms with Gasteiger partial charge in [-0.2, -0.15) is 0 Å². The second-order valence-electron chi connectivity index (χ2n) is 4.76. The average Bonchev–Trinajstić information content (AvgIpc) is 2.41. The molecule has 4 nitrogen and oxygen atoms in total. The zero-order chi connectivity index (χ0) is 14.6. The Balaban J connectivity index is 1.90. The summed E-state index contributed by atoms with van der Waals surface area (Å²) >= 11 is 0. The van der Waals surface area contributed by atoms with Crippen molar-refractivity contribution in [2.45, 2.75) is 18.0 Å². The molecule has 0 amide bonds. The van der Waals surface area contributed by atoms with Crippen molar-refractivity contribution in [3.05, 3.63) is 59.7 Å². The van der Waals surface area contributed by atoms with Crippen LogP contribution in [0.4, 0.5) is 5.69 Å². The van der Waals surface area contributed by atoms with E-state index in [0.717, 1.165) is 23.4 Å². The van der Waals surface area contributed by atoms with Crippen LogP contribution < -0.4 is 11.1 Å². The topological polar surface area (TPSA) is 72.2 Å². The van der Waals surface area contributed by atoms with Crippen LogP contribution in [-0.4, -0.2) is 14.7 Å². The molecule has 0 spiro atoms. The fourth-order valence-electron chi connectivity index (χ4n) is 1.84. The molecule has 2 aromatic carbocycles. The van der Waals surface area contributed by atoms with Gasteiger partial charge in [-0.25, -0.2) is 8.42 Å². The Bertz CT molecular complexity index is 662. The number of nitrogens with one attached hydrogen (secondary N) is 1. The van der Waals surface area contributed by atoms with Gasteiger partial charge >= 0.3 is 0 Å². The molecule has 0 aliphatic rings. The van der Waals surface area contributed by atoms with Gasteiger partial charge in [-0.05, 0) is 35.4 Å². The van der Waals surface area contributed by atoms with Crippen molar-refractivity contribution in [3.63, 3.8) is 0 Å². The molecule has 0 atom stereocenters. The SMILES string of the molecule is CS(=O)(=O)c1ccc(CNCc2ccc(N)cc2)cc1. The van der Waals surface area contributed by atoms with Crippen LogP contribution in [0.1, 0.15) is 11.1 Å². The van der Waals surface area contributed by atoms with E-state index in [4.69, 9.17) is 5.73 Å². The molecule has 106 valence electrons. The lowest BCUT2D eigenvalue weighted by atomic mass is 10.2. The van der Waals surface area contributed by atoms with Gasteiger partial charge in [0.1, 0.15) is 0 Å². The Morgan fingerprint density at radius 3 is 1.80 bits per heavy atom. The van der Waals surface area contributed by atoms with Crippen LogP contribution in [0, 0.1) is 0 Å². The third-order valence-corrected chi connectivity index (χ3v) is 4.12. The predicted molar refractivity (Wildman–Crippen MR) is 80.9 cm³/mol. The first-order valence-electron chi connectivity index (χ1n) is 6.29. The molecule has 0 fully saturated rings. The highest BCUT2D eigenvalue weighted by molar-refractivity contribution is 7.90. The third-order valence-electron chi connectivity index (χ3n) is 2.99. The lowest BCUT2D eigenvalue weighted by Crippen LogP contribution is -2.12. The number of sulfone groups is 1. The Hall–Kier alpha value is -1.85. The van der Waals surface area contributed by atoms with Crippen molar-refractivity contribution >= 4 is 15.5 Å². The highest BCUT2D eigenvalue weighted by atomic mass is 32.2. The number of hydrogen-bond donors (Lipinski definition) is 2. The molecule has 0 bridgehead atoms. The quantitative estimate of drug-likeness (QED) is 0.826. The van der Waals surface area contributed by atoms with E-state index in [1.54, 1.807) is 12.1 Å². The van der Waals surface area contributed by atoms with Crippen molar-refractivity contribution in [2.75, 3.05) is 12.0 Å². The summed E-state index contributed by atoms with van der Waals surface area (Å²) in [5, 5.41) is 3.31. The molecule has 20 heavy (non-hydrogen) atoms. The van der Waals surface area contributed by atoms with E-state index in [0.29, 0.717) is 11.4 Å². The first kappa shape index (κ1) is 14.6. The minimum absolute atomic E-state index is 0.347. The van der Waals surface area contributed by atoms with Crippen LogP contribution in [0.15, 0.2) is 53.4 Å². The maximum absolute atomic E-state index is 11.3. The Morgan fingerprint density at radius 2 is 1.35 bits per heavy atom. The maximum Gasteiger partial charge on any atom is 0.175 e. The standard InChI is InChI=1S/C15H18N2O2S/c1-20(18,19)15-8-4-13(5-9-15)11-17-10-12-2-6-14(16)7-3-12/h2-9,17H,10-11,16H2,1H3. The van der Waals surface area contributed by atoms with E-state index in [-0.39, 0.29) is 0 Å². The molecule has 0 saturated carbocycles. The highest BCUT2D eigenvalue weighted by Gasteiger charge is 2.05. The van der Waals surface area contributed by atoms with Crippen molar-refractivity contribution < 1.29 is 8.42 Å². The summed E-state index contributed by atoms with van der Waals surface area (Å²) in [6.45, 7) is 1.43. The Labute approximate surface area is 119 Å². The molecule has 0 aliphatic heterocycles. The molecule has 0 radical (unpaired) electrons. The summed E-state index contributed by atoms with van der Waals surface area (Å²) in [6.07, 6.45) is 1.21. The van der Waals surface area contributed by atoms with Crippen LogP contribution in [-0.2, 0) is 22.9 Å². The van der Waals surface area contributed by atoms with Gasteiger partial charge in [0.15, 0.2) is 9.84 Å². The van der Waals surface area contributed by atoms with E-state index in [9.17, 15) is 8.42 Å². The third kappa shape index (κ3) is 4.08. The van der Waals surface area contributed by atoms with Crippen molar-refractivity contribution in [2.24, 2.45) is 0 Å². The second kappa shape index (κ2) is 6.07. The van der Waals surface area contributed by atoms with Crippen LogP contribution >= 0.6 is 0 Å². The molecule has 2 rings (SSSR count). The van der Waals surface area contributed by atoms with Gasteiger partial charge in [0.2, 0.25) is 0 Å². The van der Waals surface area contributed by atoms with Gasteiger partial charge in [-0.1, -0.05) is 24.3 Å². The van der Waals surface area contributed by atoms with E-state index >= 15 is 0 Å². The van der Waals surface area contributed by atoms with E-state index < -0.39 is 9.84 Å².